The molecule has 0 aromatic rings. The molecular weight excluding hydrogens is 704 g/mol. The number of methoxy groups -OCH3 is 1. The fraction of sp³-hybridized carbons (Fsp3) is 0.857. The summed E-state index contributed by atoms with van der Waals surface area (Å²) >= 11 is 0. The summed E-state index contributed by atoms with van der Waals surface area (Å²) < 4.78 is 36.8. The number of carboxylic acids is 4. The van der Waals surface area contributed by atoms with Crippen molar-refractivity contribution in [3.63, 3.8) is 0 Å². The van der Waals surface area contributed by atoms with Gasteiger partial charge in [-0.05, 0) is 12.8 Å². The molecule has 0 radical (unpaired) electrons. The Labute approximate surface area is 287 Å². The van der Waals surface area contributed by atoms with Gasteiger partial charge >= 0.3 is 23.9 Å². The van der Waals surface area contributed by atoms with Crippen LogP contribution in [0.25, 0.3) is 0 Å². The van der Waals surface area contributed by atoms with Crippen LogP contribution in [0.2, 0.25) is 0 Å². The normalized spacial score (nSPS) is 47.7. The molecule has 4 fully saturated rings. The number of hydrogen-bond acceptors (Lipinski definition) is 19. The summed E-state index contributed by atoms with van der Waals surface area (Å²) in [6.45, 7) is 1.50. The van der Waals surface area contributed by atoms with Gasteiger partial charge < -0.3 is 94.4 Å². The van der Waals surface area contributed by atoms with E-state index in [1.54, 1.807) is 0 Å². The highest BCUT2D eigenvalue weighted by Crippen LogP contribution is 2.37. The van der Waals surface area contributed by atoms with Gasteiger partial charge in [0.25, 0.3) is 0 Å². The van der Waals surface area contributed by atoms with Crippen LogP contribution in [0.15, 0.2) is 0 Å². The van der Waals surface area contributed by atoms with Crippen molar-refractivity contribution in [1.29, 1.82) is 0 Å². The first-order chi connectivity index (χ1) is 23.9. The van der Waals surface area contributed by atoms with E-state index in [0.717, 1.165) is 7.11 Å². The number of aliphatic carboxylic acids is 4. The third-order valence-corrected chi connectivity index (χ3v) is 9.47. The molecular formula is C28H42O23. The first-order valence-corrected chi connectivity index (χ1v) is 15.7. The lowest BCUT2D eigenvalue weighted by Crippen LogP contribution is -2.67. The number of aliphatic hydroxyl groups excluding tert-OH is 8. The maximum Gasteiger partial charge on any atom is 0.335 e. The molecule has 3 saturated heterocycles. The van der Waals surface area contributed by atoms with Crippen LogP contribution in [0.3, 0.4) is 0 Å². The van der Waals surface area contributed by atoms with Gasteiger partial charge in [0, 0.05) is 13.0 Å². The molecule has 3 heterocycles. The van der Waals surface area contributed by atoms with Gasteiger partial charge in [-0.1, -0.05) is 6.92 Å². The lowest BCUT2D eigenvalue weighted by atomic mass is 9.80. The van der Waals surface area contributed by atoms with Crippen LogP contribution in [-0.4, -0.2) is 203 Å². The molecule has 0 aromatic carbocycles. The van der Waals surface area contributed by atoms with Gasteiger partial charge in [0.1, 0.15) is 61.0 Å². The Bertz CT molecular complexity index is 1250. The van der Waals surface area contributed by atoms with Gasteiger partial charge in [-0.2, -0.15) is 0 Å². The first kappa shape index (κ1) is 41.0. The molecule has 0 bridgehead atoms. The number of ether oxygens (including phenoxy) is 7. The highest BCUT2D eigenvalue weighted by molar-refractivity contribution is 5.74. The van der Waals surface area contributed by atoms with Gasteiger partial charge in [-0.25, -0.2) is 14.4 Å². The zero-order chi connectivity index (χ0) is 38.2. The minimum atomic E-state index is -2.34. The van der Waals surface area contributed by atoms with Crippen LogP contribution in [0.5, 0.6) is 0 Å². The van der Waals surface area contributed by atoms with Crippen molar-refractivity contribution in [1.82, 2.24) is 0 Å². The van der Waals surface area contributed by atoms with E-state index in [9.17, 15) is 80.5 Å². The number of carbonyl (C=O) groups is 4. The molecule has 23 heteroatoms. The molecule has 12 N–H and O–H groups in total. The summed E-state index contributed by atoms with van der Waals surface area (Å²) in [5.41, 5.74) is 0. The Hall–Kier alpha value is -2.72. The topological polar surface area (TPSA) is 376 Å². The lowest BCUT2D eigenvalue weighted by Gasteiger charge is -2.48. The Morgan fingerprint density at radius 2 is 0.902 bits per heavy atom. The van der Waals surface area contributed by atoms with Crippen LogP contribution in [0.4, 0.5) is 0 Å². The molecule has 4 rings (SSSR count). The second-order valence-corrected chi connectivity index (χ2v) is 12.5. The van der Waals surface area contributed by atoms with E-state index >= 15 is 0 Å². The summed E-state index contributed by atoms with van der Waals surface area (Å²) in [5.74, 6) is -9.58. The monoisotopic (exact) mass is 746 g/mol. The second-order valence-electron chi connectivity index (χ2n) is 12.5. The Balaban J connectivity index is 1.51. The van der Waals surface area contributed by atoms with Crippen LogP contribution < -0.4 is 0 Å². The Morgan fingerprint density at radius 3 is 1.27 bits per heavy atom. The minimum absolute atomic E-state index is 0.0333. The molecule has 0 spiro atoms. The summed E-state index contributed by atoms with van der Waals surface area (Å²) in [6, 6.07) is 0. The molecule has 20 atom stereocenters. The van der Waals surface area contributed by atoms with Crippen LogP contribution in [0, 0.1) is 11.8 Å². The van der Waals surface area contributed by atoms with Crippen molar-refractivity contribution in [2.75, 3.05) is 7.11 Å². The summed E-state index contributed by atoms with van der Waals surface area (Å²) in [6.07, 6.45) is -37.4. The van der Waals surface area contributed by atoms with E-state index in [0.29, 0.717) is 0 Å². The van der Waals surface area contributed by atoms with Gasteiger partial charge in [0.2, 0.25) is 0 Å². The smallest absolute Gasteiger partial charge is 0.335 e. The van der Waals surface area contributed by atoms with Gasteiger partial charge in [0.05, 0.1) is 18.1 Å². The van der Waals surface area contributed by atoms with E-state index in [2.05, 4.69) is 0 Å². The maximum atomic E-state index is 12.2. The van der Waals surface area contributed by atoms with Crippen LogP contribution in [-0.2, 0) is 52.3 Å². The summed E-state index contributed by atoms with van der Waals surface area (Å²) in [4.78, 5) is 48.0. The summed E-state index contributed by atoms with van der Waals surface area (Å²) in [7, 11) is 1.15. The maximum absolute atomic E-state index is 12.2. The zero-order valence-corrected chi connectivity index (χ0v) is 26.8. The SMILES string of the molecule is CC[C@@H]1C(C(=O)O)O[C@@H](O[C@@H]2C(C(=O)O)O[C@@H](O[C@@H]3C(C(=O)O)O[C@@H](O[C@H]4C(O)C(O)[C@H](OC)C[C@H]4C(=O)O)C(O)[C@H]3O)C(O)C2O)C(O)[C@@H]1O. The number of rotatable bonds is 12. The van der Waals surface area contributed by atoms with Gasteiger partial charge in [0.15, 0.2) is 37.2 Å². The van der Waals surface area contributed by atoms with Crippen molar-refractivity contribution in [2.45, 2.75) is 130 Å². The molecule has 3 aliphatic heterocycles. The van der Waals surface area contributed by atoms with Crippen molar-refractivity contribution in [3.8, 4) is 0 Å². The van der Waals surface area contributed by atoms with E-state index in [4.69, 9.17) is 33.2 Å². The fourth-order valence-electron chi connectivity index (χ4n) is 6.62. The van der Waals surface area contributed by atoms with Gasteiger partial charge in [-0.3, -0.25) is 4.79 Å². The quantitative estimate of drug-likeness (QED) is 0.0883. The van der Waals surface area contributed by atoms with E-state index in [-0.39, 0.29) is 6.42 Å². The molecule has 9 unspecified atom stereocenters. The average Bonchev–Trinajstić information content (AvgIpc) is 3.07. The zero-order valence-electron chi connectivity index (χ0n) is 26.8. The van der Waals surface area contributed by atoms with Crippen LogP contribution in [0.1, 0.15) is 19.8 Å². The number of hydrogen-bond donors (Lipinski definition) is 12. The molecule has 1 aliphatic carbocycles. The van der Waals surface area contributed by atoms with Crippen molar-refractivity contribution < 1.29 is 114 Å². The van der Waals surface area contributed by atoms with E-state index in [1.165, 1.54) is 6.92 Å². The lowest BCUT2D eigenvalue weighted by molar-refractivity contribution is -0.373. The molecule has 4 aliphatic rings. The van der Waals surface area contributed by atoms with Crippen molar-refractivity contribution >= 4 is 23.9 Å². The highest BCUT2D eigenvalue weighted by Gasteiger charge is 2.58. The highest BCUT2D eigenvalue weighted by atomic mass is 16.8. The van der Waals surface area contributed by atoms with Crippen molar-refractivity contribution in [3.05, 3.63) is 0 Å². The van der Waals surface area contributed by atoms with Crippen LogP contribution >= 0.6 is 0 Å². The third kappa shape index (κ3) is 8.12. The molecule has 51 heavy (non-hydrogen) atoms. The number of aliphatic hydroxyl groups is 8. The molecule has 0 aromatic heterocycles. The predicted octanol–water partition coefficient (Wildman–Crippen LogP) is -6.40. The minimum Gasteiger partial charge on any atom is -0.481 e. The average molecular weight is 747 g/mol. The predicted molar refractivity (Wildman–Crippen MR) is 152 cm³/mol. The van der Waals surface area contributed by atoms with E-state index in [1.807, 2.05) is 0 Å². The Kier molecular flexibility index (Phi) is 13.3. The molecule has 292 valence electrons. The second kappa shape index (κ2) is 16.5. The molecule has 1 saturated carbocycles. The molecule has 0 amide bonds. The fourth-order valence-corrected chi connectivity index (χ4v) is 6.62. The number of carboxylic acid groups (broad SMARTS) is 4. The van der Waals surface area contributed by atoms with Crippen molar-refractivity contribution in [2.24, 2.45) is 11.8 Å². The largest absolute Gasteiger partial charge is 0.481 e. The van der Waals surface area contributed by atoms with Gasteiger partial charge in [-0.15, -0.1) is 0 Å². The third-order valence-electron chi connectivity index (χ3n) is 9.47. The summed E-state index contributed by atoms with van der Waals surface area (Å²) in [5, 5.41) is 124. The standard InChI is InChI=1S/C28H42O23/c1-3-5-8(29)13(34)26(47-17(5)23(39)40)48-18-12(33)15(36)28(51-21(18)25(43)44)49-19-11(32)14(35)27(50-20(19)24(41)42)46-16-6(22(37)38)4-7(45-2)9(30)10(16)31/h5-21,26-36H,3-4H2,1-2H3,(H,37,38)(H,39,40)(H,41,42)(H,43,44)/t5-,6+,7+,8+,9?,10?,11+,12?,13?,14?,15?,16+,17?,18-,19-,20?,21?,26-,27+,28+/m0/s1. The first-order valence-electron chi connectivity index (χ1n) is 15.7. The van der Waals surface area contributed by atoms with E-state index < -0.39 is 153 Å². The Morgan fingerprint density at radius 1 is 0.529 bits per heavy atom. The molecule has 23 nitrogen and oxygen atoms in total.